The number of likely N-dealkylation sites (tertiary alicyclic amines) is 1. The fourth-order valence-electron chi connectivity index (χ4n) is 2.66. The fraction of sp³-hybridized carbons (Fsp3) is 0.571. The largest absolute Gasteiger partial charge is 0.333 e. The second-order valence-corrected chi connectivity index (χ2v) is 6.22. The summed E-state index contributed by atoms with van der Waals surface area (Å²) in [5.41, 5.74) is 0. The lowest BCUT2D eigenvalue weighted by molar-refractivity contribution is 0.171. The Kier molecular flexibility index (Phi) is 4.44. The number of thiophene rings is 1. The highest BCUT2D eigenvalue weighted by Gasteiger charge is 2.20. The average Bonchev–Trinajstić information content (AvgIpc) is 3.12. The van der Waals surface area contributed by atoms with Gasteiger partial charge in [0.15, 0.2) is 5.82 Å². The van der Waals surface area contributed by atoms with Crippen molar-refractivity contribution in [2.75, 3.05) is 26.7 Å². The SMILES string of the molecule is CNCC1CCN(Cc2noc(-c3cccs3)n2)CC1. The molecule has 5 nitrogen and oxygen atoms in total. The van der Waals surface area contributed by atoms with Gasteiger partial charge in [0.2, 0.25) is 0 Å². The van der Waals surface area contributed by atoms with Crippen LogP contribution in [0.25, 0.3) is 10.8 Å². The smallest absolute Gasteiger partial charge is 0.268 e. The topological polar surface area (TPSA) is 54.2 Å². The summed E-state index contributed by atoms with van der Waals surface area (Å²) in [6.07, 6.45) is 2.49. The summed E-state index contributed by atoms with van der Waals surface area (Å²) in [4.78, 5) is 7.93. The molecule has 2 aromatic heterocycles. The van der Waals surface area contributed by atoms with Crippen molar-refractivity contribution in [3.05, 3.63) is 23.3 Å². The fourth-order valence-corrected chi connectivity index (χ4v) is 3.30. The Balaban J connectivity index is 1.54. The van der Waals surface area contributed by atoms with Crippen LogP contribution in [0.4, 0.5) is 0 Å². The first kappa shape index (κ1) is 13.7. The van der Waals surface area contributed by atoms with Crippen LogP contribution in [0.5, 0.6) is 0 Å². The van der Waals surface area contributed by atoms with Gasteiger partial charge in [-0.15, -0.1) is 11.3 Å². The van der Waals surface area contributed by atoms with E-state index in [1.165, 1.54) is 12.8 Å². The van der Waals surface area contributed by atoms with Crippen LogP contribution in [0.3, 0.4) is 0 Å². The van der Waals surface area contributed by atoms with Crippen LogP contribution in [0.1, 0.15) is 18.7 Å². The second-order valence-electron chi connectivity index (χ2n) is 5.27. The van der Waals surface area contributed by atoms with Crippen molar-refractivity contribution >= 4 is 11.3 Å². The first-order chi connectivity index (χ1) is 9.85. The van der Waals surface area contributed by atoms with E-state index in [-0.39, 0.29) is 0 Å². The Hall–Kier alpha value is -1.24. The molecule has 0 radical (unpaired) electrons. The summed E-state index contributed by atoms with van der Waals surface area (Å²) in [5, 5.41) is 9.37. The first-order valence-corrected chi connectivity index (χ1v) is 7.96. The molecule has 2 aromatic rings. The van der Waals surface area contributed by atoms with Crippen LogP contribution in [-0.4, -0.2) is 41.7 Å². The van der Waals surface area contributed by atoms with Crippen LogP contribution < -0.4 is 5.32 Å². The summed E-state index contributed by atoms with van der Waals surface area (Å²) in [6.45, 7) is 4.16. The number of nitrogens with zero attached hydrogens (tertiary/aromatic N) is 3. The van der Waals surface area contributed by atoms with Crippen LogP contribution in [0.2, 0.25) is 0 Å². The molecule has 0 atom stereocenters. The lowest BCUT2D eigenvalue weighted by Gasteiger charge is -2.30. The number of aromatic nitrogens is 2. The molecule has 0 bridgehead atoms. The zero-order valence-electron chi connectivity index (χ0n) is 11.7. The van der Waals surface area contributed by atoms with Crippen molar-refractivity contribution in [1.29, 1.82) is 0 Å². The van der Waals surface area contributed by atoms with Crippen molar-refractivity contribution in [3.8, 4) is 10.8 Å². The summed E-state index contributed by atoms with van der Waals surface area (Å²) >= 11 is 1.62. The van der Waals surface area contributed by atoms with Crippen LogP contribution in [0, 0.1) is 5.92 Å². The number of rotatable bonds is 5. The van der Waals surface area contributed by atoms with Crippen molar-refractivity contribution < 1.29 is 4.52 Å². The van der Waals surface area contributed by atoms with E-state index < -0.39 is 0 Å². The van der Waals surface area contributed by atoms with E-state index in [2.05, 4.69) is 20.4 Å². The van der Waals surface area contributed by atoms with Crippen molar-refractivity contribution in [3.63, 3.8) is 0 Å². The molecule has 108 valence electrons. The Labute approximate surface area is 123 Å². The molecule has 1 fully saturated rings. The third-order valence-electron chi connectivity index (χ3n) is 3.77. The van der Waals surface area contributed by atoms with Gasteiger partial charge in [0.1, 0.15) is 0 Å². The zero-order chi connectivity index (χ0) is 13.8. The lowest BCUT2D eigenvalue weighted by Crippen LogP contribution is -2.36. The maximum absolute atomic E-state index is 5.32. The minimum atomic E-state index is 0.639. The van der Waals surface area contributed by atoms with Gasteiger partial charge in [-0.3, -0.25) is 4.90 Å². The number of hydrogen-bond donors (Lipinski definition) is 1. The molecule has 6 heteroatoms. The van der Waals surface area contributed by atoms with E-state index >= 15 is 0 Å². The van der Waals surface area contributed by atoms with E-state index in [0.717, 1.165) is 42.8 Å². The average molecular weight is 292 g/mol. The monoisotopic (exact) mass is 292 g/mol. The highest BCUT2D eigenvalue weighted by atomic mass is 32.1. The quantitative estimate of drug-likeness (QED) is 0.916. The Morgan fingerprint density at radius 3 is 3.00 bits per heavy atom. The maximum Gasteiger partial charge on any atom is 0.268 e. The molecule has 0 spiro atoms. The minimum Gasteiger partial charge on any atom is -0.333 e. The van der Waals surface area contributed by atoms with Gasteiger partial charge in [0.05, 0.1) is 11.4 Å². The molecule has 3 heterocycles. The molecular weight excluding hydrogens is 272 g/mol. The summed E-state index contributed by atoms with van der Waals surface area (Å²) in [7, 11) is 2.03. The number of piperidine rings is 1. The number of nitrogens with one attached hydrogen (secondary N) is 1. The third kappa shape index (κ3) is 3.26. The molecule has 0 amide bonds. The van der Waals surface area contributed by atoms with Crippen LogP contribution in [0.15, 0.2) is 22.0 Å². The van der Waals surface area contributed by atoms with E-state index in [9.17, 15) is 0 Å². The van der Waals surface area contributed by atoms with E-state index in [1.807, 2.05) is 24.6 Å². The normalized spacial score (nSPS) is 17.6. The first-order valence-electron chi connectivity index (χ1n) is 7.08. The Morgan fingerprint density at radius 1 is 1.45 bits per heavy atom. The third-order valence-corrected chi connectivity index (χ3v) is 4.62. The van der Waals surface area contributed by atoms with E-state index in [0.29, 0.717) is 5.89 Å². The lowest BCUT2D eigenvalue weighted by atomic mass is 9.97. The van der Waals surface area contributed by atoms with Gasteiger partial charge in [-0.25, -0.2) is 0 Å². The van der Waals surface area contributed by atoms with Crippen LogP contribution in [-0.2, 0) is 6.54 Å². The summed E-state index contributed by atoms with van der Waals surface area (Å²) < 4.78 is 5.32. The Morgan fingerprint density at radius 2 is 2.30 bits per heavy atom. The molecule has 0 saturated carbocycles. The van der Waals surface area contributed by atoms with Gasteiger partial charge in [0.25, 0.3) is 5.89 Å². The molecular formula is C14H20N4OS. The molecule has 1 aliphatic rings. The van der Waals surface area contributed by atoms with Gasteiger partial charge in [-0.2, -0.15) is 4.98 Å². The zero-order valence-corrected chi connectivity index (χ0v) is 12.5. The molecule has 0 aliphatic carbocycles. The molecule has 0 aromatic carbocycles. The van der Waals surface area contributed by atoms with Gasteiger partial charge in [-0.05, 0) is 56.9 Å². The standard InChI is InChI=1S/C14H20N4OS/c1-15-9-11-4-6-18(7-5-11)10-13-16-14(19-17-13)12-3-2-8-20-12/h2-3,8,11,15H,4-7,9-10H2,1H3. The summed E-state index contributed by atoms with van der Waals surface area (Å²) in [6, 6.07) is 4.00. The van der Waals surface area contributed by atoms with Gasteiger partial charge >= 0.3 is 0 Å². The summed E-state index contributed by atoms with van der Waals surface area (Å²) in [5.74, 6) is 2.24. The molecule has 20 heavy (non-hydrogen) atoms. The van der Waals surface area contributed by atoms with Crippen molar-refractivity contribution in [1.82, 2.24) is 20.4 Å². The van der Waals surface area contributed by atoms with Gasteiger partial charge in [0, 0.05) is 0 Å². The molecule has 1 aliphatic heterocycles. The number of hydrogen-bond acceptors (Lipinski definition) is 6. The second kappa shape index (κ2) is 6.47. The minimum absolute atomic E-state index is 0.639. The predicted molar refractivity (Wildman–Crippen MR) is 79.5 cm³/mol. The van der Waals surface area contributed by atoms with Crippen molar-refractivity contribution in [2.24, 2.45) is 5.92 Å². The van der Waals surface area contributed by atoms with Gasteiger partial charge in [-0.1, -0.05) is 11.2 Å². The highest BCUT2D eigenvalue weighted by Crippen LogP contribution is 2.23. The molecule has 1 N–H and O–H groups in total. The molecule has 0 unspecified atom stereocenters. The van der Waals surface area contributed by atoms with Crippen molar-refractivity contribution in [2.45, 2.75) is 19.4 Å². The molecule has 3 rings (SSSR count). The maximum atomic E-state index is 5.32. The van der Waals surface area contributed by atoms with Gasteiger partial charge < -0.3 is 9.84 Å². The Bertz CT molecular complexity index is 517. The van der Waals surface area contributed by atoms with E-state index in [1.54, 1.807) is 11.3 Å². The predicted octanol–water partition coefficient (Wildman–Crippen LogP) is 2.23. The van der Waals surface area contributed by atoms with E-state index in [4.69, 9.17) is 4.52 Å². The van der Waals surface area contributed by atoms with Crippen LogP contribution >= 0.6 is 11.3 Å². The highest BCUT2D eigenvalue weighted by molar-refractivity contribution is 7.13. The molecule has 1 saturated heterocycles.